The van der Waals surface area contributed by atoms with Gasteiger partial charge in [-0.15, -0.1) is 5.06 Å². The van der Waals surface area contributed by atoms with Gasteiger partial charge in [-0.2, -0.15) is 13.2 Å². The van der Waals surface area contributed by atoms with Gasteiger partial charge in [0.15, 0.2) is 5.65 Å². The summed E-state index contributed by atoms with van der Waals surface area (Å²) < 4.78 is 41.6. The normalized spacial score (nSPS) is 20.2. The highest BCUT2D eigenvalue weighted by atomic mass is 19.4. The van der Waals surface area contributed by atoms with Gasteiger partial charge in [-0.3, -0.25) is 9.89 Å². The number of carbonyl (C=O) groups excluding carboxylic acids is 1. The predicted molar refractivity (Wildman–Crippen MR) is 105 cm³/mol. The van der Waals surface area contributed by atoms with Crippen LogP contribution in [0.15, 0.2) is 41.2 Å². The fourth-order valence-electron chi connectivity index (χ4n) is 3.77. The van der Waals surface area contributed by atoms with E-state index in [-0.39, 0.29) is 24.9 Å². The van der Waals surface area contributed by atoms with Gasteiger partial charge in [0.2, 0.25) is 0 Å². The average molecular weight is 434 g/mol. The van der Waals surface area contributed by atoms with Crippen LogP contribution in [-0.4, -0.2) is 38.4 Å². The molecule has 2 unspecified atom stereocenters. The molecule has 4 rings (SSSR count). The van der Waals surface area contributed by atoms with E-state index in [9.17, 15) is 22.8 Å². The summed E-state index contributed by atoms with van der Waals surface area (Å²) in [5, 5.41) is 4.11. The summed E-state index contributed by atoms with van der Waals surface area (Å²) in [6.07, 6.45) is -4.88. The topological polar surface area (TPSA) is 79.7 Å². The Morgan fingerprint density at radius 3 is 2.61 bits per heavy atom. The highest BCUT2D eigenvalue weighted by Crippen LogP contribution is 2.42. The molecule has 1 saturated heterocycles. The van der Waals surface area contributed by atoms with Gasteiger partial charge in [0.05, 0.1) is 23.2 Å². The number of aryl methyl sites for hydroxylation is 1. The monoisotopic (exact) mass is 434 g/mol. The second kappa shape index (κ2) is 7.84. The van der Waals surface area contributed by atoms with Gasteiger partial charge in [-0.1, -0.05) is 18.2 Å². The van der Waals surface area contributed by atoms with Crippen LogP contribution in [0, 0.1) is 19.8 Å². The third kappa shape index (κ3) is 4.07. The lowest BCUT2D eigenvalue weighted by Crippen LogP contribution is -2.42. The smallest absolute Gasteiger partial charge is 0.363 e. The maximum absolute atomic E-state index is 13.5. The zero-order valence-electron chi connectivity index (χ0n) is 16.9. The second-order valence-electron chi connectivity index (χ2n) is 7.70. The summed E-state index contributed by atoms with van der Waals surface area (Å²) >= 11 is 0. The molecule has 3 heterocycles. The van der Waals surface area contributed by atoms with Crippen LogP contribution >= 0.6 is 0 Å². The molecule has 0 amide bonds. The van der Waals surface area contributed by atoms with E-state index in [4.69, 9.17) is 4.84 Å². The number of rotatable bonds is 3. The standard InChI is InChI=1S/C21H21F3N4O3/c1-12-13(2)25-18-11-16(26-28(18)19(12)29)17-10-15(21(22,23)24)8-9-27(17)31-20(30)14-6-4-3-5-7-14/h3-7,11,15,17,26H,8-10H2,1-2H3. The molecule has 0 radical (unpaired) electrons. The van der Waals surface area contributed by atoms with Crippen LogP contribution in [-0.2, 0) is 4.84 Å². The number of nitrogens with zero attached hydrogens (tertiary/aromatic N) is 3. The number of hydroxylamine groups is 2. The quantitative estimate of drug-likeness (QED) is 0.680. The average Bonchev–Trinajstić information content (AvgIpc) is 3.16. The molecule has 0 bridgehead atoms. The Bertz CT molecular complexity index is 1170. The fourth-order valence-corrected chi connectivity index (χ4v) is 3.77. The van der Waals surface area contributed by atoms with Crippen molar-refractivity contribution in [2.45, 2.75) is 38.9 Å². The molecule has 2 atom stereocenters. The molecular weight excluding hydrogens is 413 g/mol. The number of nitrogens with one attached hydrogen (secondary N) is 1. The Kier molecular flexibility index (Phi) is 5.34. The number of aromatic nitrogens is 3. The molecule has 7 nitrogen and oxygen atoms in total. The van der Waals surface area contributed by atoms with Crippen LogP contribution in [0.1, 0.15) is 46.2 Å². The van der Waals surface area contributed by atoms with Crippen LogP contribution in [0.4, 0.5) is 13.2 Å². The number of alkyl halides is 3. The van der Waals surface area contributed by atoms with Gasteiger partial charge in [0.1, 0.15) is 0 Å². The van der Waals surface area contributed by atoms with E-state index in [1.165, 1.54) is 15.6 Å². The summed E-state index contributed by atoms with van der Waals surface area (Å²) in [5.41, 5.74) is 1.57. The first-order valence-corrected chi connectivity index (χ1v) is 9.84. The number of piperidine rings is 1. The van der Waals surface area contributed by atoms with E-state index in [2.05, 4.69) is 10.1 Å². The number of H-pyrrole nitrogens is 1. The van der Waals surface area contributed by atoms with Crippen LogP contribution in [0.3, 0.4) is 0 Å². The summed E-state index contributed by atoms with van der Waals surface area (Å²) in [7, 11) is 0. The zero-order chi connectivity index (χ0) is 22.3. The molecule has 1 N–H and O–H groups in total. The summed E-state index contributed by atoms with van der Waals surface area (Å²) in [4.78, 5) is 34.9. The summed E-state index contributed by atoms with van der Waals surface area (Å²) in [6.45, 7) is 3.23. The largest absolute Gasteiger partial charge is 0.391 e. The van der Waals surface area contributed by atoms with Crippen molar-refractivity contribution in [3.8, 4) is 0 Å². The summed E-state index contributed by atoms with van der Waals surface area (Å²) in [6, 6.07) is 8.84. The van der Waals surface area contributed by atoms with E-state index in [1.54, 1.807) is 44.2 Å². The Balaban J connectivity index is 1.70. The Morgan fingerprint density at radius 2 is 1.94 bits per heavy atom. The predicted octanol–water partition coefficient (Wildman–Crippen LogP) is 3.73. The number of halogens is 3. The molecule has 0 spiro atoms. The minimum Gasteiger partial charge on any atom is -0.363 e. The minimum absolute atomic E-state index is 0.0941. The molecule has 1 aliphatic rings. The molecular formula is C21H21F3N4O3. The maximum atomic E-state index is 13.5. The van der Waals surface area contributed by atoms with Crippen LogP contribution in [0.25, 0.3) is 5.65 Å². The van der Waals surface area contributed by atoms with Crippen LogP contribution in [0.2, 0.25) is 0 Å². The molecule has 3 aromatic rings. The lowest BCUT2D eigenvalue weighted by atomic mass is 9.90. The van der Waals surface area contributed by atoms with Crippen molar-refractivity contribution in [2.75, 3.05) is 6.54 Å². The van der Waals surface area contributed by atoms with Crippen molar-refractivity contribution in [1.82, 2.24) is 19.7 Å². The number of hydrogen-bond acceptors (Lipinski definition) is 5. The number of aromatic amines is 1. The highest BCUT2D eigenvalue weighted by Gasteiger charge is 2.46. The van der Waals surface area contributed by atoms with Gasteiger partial charge in [-0.25, -0.2) is 14.3 Å². The van der Waals surface area contributed by atoms with Gasteiger partial charge < -0.3 is 4.84 Å². The van der Waals surface area contributed by atoms with Gasteiger partial charge >= 0.3 is 12.1 Å². The Morgan fingerprint density at radius 1 is 1.23 bits per heavy atom. The zero-order valence-corrected chi connectivity index (χ0v) is 16.9. The highest BCUT2D eigenvalue weighted by molar-refractivity contribution is 5.89. The second-order valence-corrected chi connectivity index (χ2v) is 7.70. The number of fused-ring (bicyclic) bond motifs is 1. The lowest BCUT2D eigenvalue weighted by Gasteiger charge is -2.37. The Hall–Kier alpha value is -3.14. The van der Waals surface area contributed by atoms with Gasteiger partial charge in [-0.05, 0) is 38.8 Å². The summed E-state index contributed by atoms with van der Waals surface area (Å²) in [5.74, 6) is -2.21. The third-order valence-corrected chi connectivity index (χ3v) is 5.69. The van der Waals surface area contributed by atoms with E-state index < -0.39 is 24.1 Å². The lowest BCUT2D eigenvalue weighted by molar-refractivity contribution is -0.222. The number of carbonyl (C=O) groups is 1. The van der Waals surface area contributed by atoms with Crippen LogP contribution < -0.4 is 5.56 Å². The SMILES string of the molecule is Cc1nc2cc(C3CC(C(F)(F)F)CCN3OC(=O)c3ccccc3)[nH]n2c(=O)c1C. The number of benzene rings is 1. The van der Waals surface area contributed by atoms with Crippen LogP contribution in [0.5, 0.6) is 0 Å². The van der Waals surface area contributed by atoms with Gasteiger partial charge in [0, 0.05) is 23.9 Å². The van der Waals surface area contributed by atoms with Crippen molar-refractivity contribution in [2.24, 2.45) is 5.92 Å². The van der Waals surface area contributed by atoms with E-state index in [0.717, 1.165) is 0 Å². The first-order valence-electron chi connectivity index (χ1n) is 9.84. The molecule has 1 aliphatic heterocycles. The molecule has 31 heavy (non-hydrogen) atoms. The fraction of sp³-hybridized carbons (Fsp3) is 0.381. The van der Waals surface area contributed by atoms with E-state index in [1.807, 2.05) is 0 Å². The molecule has 2 aromatic heterocycles. The van der Waals surface area contributed by atoms with Crippen molar-refractivity contribution < 1.29 is 22.8 Å². The molecule has 164 valence electrons. The third-order valence-electron chi connectivity index (χ3n) is 5.69. The minimum atomic E-state index is -4.37. The van der Waals surface area contributed by atoms with E-state index >= 15 is 0 Å². The maximum Gasteiger partial charge on any atom is 0.391 e. The molecule has 0 aliphatic carbocycles. The molecule has 0 saturated carbocycles. The van der Waals surface area contributed by atoms with Crippen molar-refractivity contribution in [1.29, 1.82) is 0 Å². The molecule has 1 aromatic carbocycles. The van der Waals surface area contributed by atoms with Crippen molar-refractivity contribution in [3.05, 3.63) is 69.3 Å². The van der Waals surface area contributed by atoms with Gasteiger partial charge in [0.25, 0.3) is 5.56 Å². The number of hydrogen-bond donors (Lipinski definition) is 1. The first kappa shape index (κ1) is 21.1. The molecule has 10 heteroatoms. The van der Waals surface area contributed by atoms with Crippen molar-refractivity contribution >= 4 is 11.6 Å². The van der Waals surface area contributed by atoms with E-state index in [0.29, 0.717) is 28.2 Å². The van der Waals surface area contributed by atoms with Crippen molar-refractivity contribution in [3.63, 3.8) is 0 Å². The Labute approximate surface area is 175 Å². The first-order chi connectivity index (χ1) is 14.6. The molecule has 1 fully saturated rings.